The fraction of sp³-hybridized carbons (Fsp3) is 0.467. The van der Waals surface area contributed by atoms with Crippen molar-refractivity contribution < 1.29 is 31.1 Å². The summed E-state index contributed by atoms with van der Waals surface area (Å²) >= 11 is 0. The van der Waals surface area contributed by atoms with Crippen LogP contribution in [0.1, 0.15) is 30.4 Å². The second kappa shape index (κ2) is 6.00. The van der Waals surface area contributed by atoms with Crippen molar-refractivity contribution in [3.63, 3.8) is 0 Å². The zero-order valence-corrected chi connectivity index (χ0v) is 13.5. The maximum absolute atomic E-state index is 13.1. The minimum Gasteiger partial charge on any atom is -0.374 e. The summed E-state index contributed by atoms with van der Waals surface area (Å²) in [7, 11) is -4.74. The lowest BCUT2D eigenvalue weighted by Gasteiger charge is -2.19. The summed E-state index contributed by atoms with van der Waals surface area (Å²) in [5, 5.41) is 8.72. The molecule has 1 aromatic carbocycles. The third kappa shape index (κ3) is 3.34. The molecule has 134 valence electrons. The number of nitrogens with zero attached hydrogens (tertiary/aromatic N) is 1. The molecule has 3 unspecified atom stereocenters. The van der Waals surface area contributed by atoms with Crippen LogP contribution >= 0.6 is 0 Å². The Labute approximate surface area is 141 Å². The number of fused-ring (bicyclic) bond motifs is 2. The van der Waals surface area contributed by atoms with Crippen LogP contribution in [0.15, 0.2) is 23.1 Å². The largest absolute Gasteiger partial charge is 0.417 e. The number of amides is 1. The zero-order valence-electron chi connectivity index (χ0n) is 12.7. The average molecular weight is 374 g/mol. The molecule has 3 atom stereocenters. The maximum Gasteiger partial charge on any atom is 0.417 e. The van der Waals surface area contributed by atoms with Gasteiger partial charge in [-0.25, -0.2) is 13.1 Å². The first kappa shape index (κ1) is 17.7. The van der Waals surface area contributed by atoms with Crippen LogP contribution in [0.2, 0.25) is 0 Å². The number of hydrogen-bond acceptors (Lipinski definition) is 5. The molecule has 25 heavy (non-hydrogen) atoms. The topological polar surface area (TPSA) is 96.3 Å². The lowest BCUT2D eigenvalue weighted by atomic mass is 9.89. The van der Waals surface area contributed by atoms with Gasteiger partial charge in [0.15, 0.2) is 0 Å². The van der Waals surface area contributed by atoms with E-state index in [2.05, 4.69) is 0 Å². The predicted octanol–water partition coefficient (Wildman–Crippen LogP) is 1.95. The molecule has 2 saturated heterocycles. The molecule has 0 spiro atoms. The Balaban J connectivity index is 1.90. The van der Waals surface area contributed by atoms with Crippen molar-refractivity contribution in [3.8, 4) is 6.07 Å². The van der Waals surface area contributed by atoms with Gasteiger partial charge in [-0.2, -0.15) is 18.4 Å². The minimum absolute atomic E-state index is 0.107. The molecule has 2 heterocycles. The number of alkyl halides is 3. The van der Waals surface area contributed by atoms with Crippen LogP contribution in [0.5, 0.6) is 0 Å². The Morgan fingerprint density at radius 2 is 2.04 bits per heavy atom. The molecule has 10 heteroatoms. The summed E-state index contributed by atoms with van der Waals surface area (Å²) in [4.78, 5) is 11.1. The SMILES string of the molecule is N#Cc1ccc(S(=O)(=O)NC(=O)C2CC3CCC2O3)c(C(F)(F)F)c1. The summed E-state index contributed by atoms with van der Waals surface area (Å²) in [5.74, 6) is -1.56. The fourth-order valence-corrected chi connectivity index (χ4v) is 4.47. The van der Waals surface area contributed by atoms with E-state index in [1.165, 1.54) is 6.07 Å². The molecule has 2 aliphatic heterocycles. The first-order valence-electron chi connectivity index (χ1n) is 7.45. The van der Waals surface area contributed by atoms with Crippen LogP contribution in [-0.4, -0.2) is 26.5 Å². The molecule has 2 fully saturated rings. The molecule has 0 aromatic heterocycles. The second-order valence-corrected chi connectivity index (χ2v) is 7.66. The zero-order chi connectivity index (χ0) is 18.4. The molecular weight excluding hydrogens is 361 g/mol. The fourth-order valence-electron chi connectivity index (χ4n) is 3.23. The summed E-state index contributed by atoms with van der Waals surface area (Å²) in [6, 6.07) is 3.60. The Morgan fingerprint density at radius 3 is 2.56 bits per heavy atom. The second-order valence-electron chi connectivity index (χ2n) is 6.01. The van der Waals surface area contributed by atoms with Crippen molar-refractivity contribution in [2.24, 2.45) is 5.92 Å². The average Bonchev–Trinajstić information content (AvgIpc) is 3.16. The van der Waals surface area contributed by atoms with E-state index in [-0.39, 0.29) is 11.7 Å². The lowest BCUT2D eigenvalue weighted by molar-refractivity contribution is -0.140. The van der Waals surface area contributed by atoms with E-state index >= 15 is 0 Å². The molecule has 0 aliphatic carbocycles. The molecule has 2 bridgehead atoms. The highest BCUT2D eigenvalue weighted by atomic mass is 32.2. The third-order valence-corrected chi connectivity index (χ3v) is 5.79. The van der Waals surface area contributed by atoms with Crippen LogP contribution in [0.25, 0.3) is 0 Å². The number of carbonyl (C=O) groups is 1. The molecule has 1 N–H and O–H groups in total. The number of sulfonamides is 1. The van der Waals surface area contributed by atoms with E-state index < -0.39 is 44.6 Å². The van der Waals surface area contributed by atoms with Crippen LogP contribution in [0.3, 0.4) is 0 Å². The summed E-state index contributed by atoms with van der Waals surface area (Å²) in [6.07, 6.45) is -3.74. The Kier molecular flexibility index (Phi) is 4.25. The van der Waals surface area contributed by atoms with Gasteiger partial charge in [0.2, 0.25) is 5.91 Å². The maximum atomic E-state index is 13.1. The summed E-state index contributed by atoms with van der Waals surface area (Å²) < 4.78 is 71.3. The minimum atomic E-state index is -4.99. The van der Waals surface area contributed by atoms with E-state index in [4.69, 9.17) is 10.00 Å². The van der Waals surface area contributed by atoms with Crippen molar-refractivity contribution in [1.82, 2.24) is 4.72 Å². The van der Waals surface area contributed by atoms with Gasteiger partial charge in [-0.1, -0.05) is 0 Å². The van der Waals surface area contributed by atoms with E-state index in [1.54, 1.807) is 4.72 Å². The highest BCUT2D eigenvalue weighted by Crippen LogP contribution is 2.39. The predicted molar refractivity (Wildman–Crippen MR) is 77.5 cm³/mol. The van der Waals surface area contributed by atoms with Gasteiger partial charge in [-0.15, -0.1) is 0 Å². The van der Waals surface area contributed by atoms with Gasteiger partial charge in [-0.3, -0.25) is 4.79 Å². The first-order chi connectivity index (χ1) is 11.6. The Morgan fingerprint density at radius 1 is 1.32 bits per heavy atom. The monoisotopic (exact) mass is 374 g/mol. The smallest absolute Gasteiger partial charge is 0.374 e. The molecule has 0 radical (unpaired) electrons. The number of nitriles is 1. The van der Waals surface area contributed by atoms with Crippen molar-refractivity contribution in [1.29, 1.82) is 5.26 Å². The molecule has 3 rings (SSSR count). The normalized spacial score (nSPS) is 25.6. The number of nitrogens with one attached hydrogen (secondary N) is 1. The van der Waals surface area contributed by atoms with Gasteiger partial charge in [0, 0.05) is 0 Å². The van der Waals surface area contributed by atoms with Crippen LogP contribution in [0, 0.1) is 17.2 Å². The van der Waals surface area contributed by atoms with Gasteiger partial charge >= 0.3 is 6.18 Å². The van der Waals surface area contributed by atoms with Crippen LogP contribution in [0.4, 0.5) is 13.2 Å². The standard InChI is InChI=1S/C15H13F3N2O4S/c16-15(17,18)11-5-8(7-19)1-4-13(11)25(22,23)20-14(21)10-6-9-2-3-12(10)24-9/h1,4-5,9-10,12H,2-3,6H2,(H,20,21). The molecular formula is C15H13F3N2O4S. The molecule has 2 aliphatic rings. The Bertz CT molecular complexity index is 861. The quantitative estimate of drug-likeness (QED) is 0.872. The number of carbonyl (C=O) groups excluding carboxylic acids is 1. The van der Waals surface area contributed by atoms with E-state index in [0.717, 1.165) is 12.5 Å². The first-order valence-corrected chi connectivity index (χ1v) is 8.93. The number of ether oxygens (including phenoxy) is 1. The van der Waals surface area contributed by atoms with Crippen molar-refractivity contribution >= 4 is 15.9 Å². The summed E-state index contributed by atoms with van der Waals surface area (Å²) in [6.45, 7) is 0. The van der Waals surface area contributed by atoms with Crippen LogP contribution in [-0.2, 0) is 25.7 Å². The van der Waals surface area contributed by atoms with E-state index in [1.807, 2.05) is 0 Å². The van der Waals surface area contributed by atoms with E-state index in [9.17, 15) is 26.4 Å². The summed E-state index contributed by atoms with van der Waals surface area (Å²) in [5.41, 5.74) is -1.82. The van der Waals surface area contributed by atoms with Crippen molar-refractivity contribution in [3.05, 3.63) is 29.3 Å². The molecule has 1 amide bonds. The Hall–Kier alpha value is -2.12. The van der Waals surface area contributed by atoms with Crippen molar-refractivity contribution in [2.45, 2.75) is 42.5 Å². The number of hydrogen-bond donors (Lipinski definition) is 1. The highest BCUT2D eigenvalue weighted by Gasteiger charge is 2.46. The number of rotatable bonds is 3. The number of benzene rings is 1. The molecule has 0 saturated carbocycles. The van der Waals surface area contributed by atoms with Gasteiger partial charge < -0.3 is 4.74 Å². The number of halogens is 3. The highest BCUT2D eigenvalue weighted by molar-refractivity contribution is 7.90. The van der Waals surface area contributed by atoms with Crippen LogP contribution < -0.4 is 4.72 Å². The van der Waals surface area contributed by atoms with Crippen molar-refractivity contribution in [2.75, 3.05) is 0 Å². The van der Waals surface area contributed by atoms with Gasteiger partial charge in [0.25, 0.3) is 10.0 Å². The lowest BCUT2D eigenvalue weighted by Crippen LogP contribution is -2.40. The molecule has 6 nitrogen and oxygen atoms in total. The molecule has 1 aromatic rings. The third-order valence-electron chi connectivity index (χ3n) is 4.38. The van der Waals surface area contributed by atoms with Gasteiger partial charge in [0.1, 0.15) is 0 Å². The van der Waals surface area contributed by atoms with E-state index in [0.29, 0.717) is 25.0 Å². The van der Waals surface area contributed by atoms with Gasteiger partial charge in [0.05, 0.1) is 40.2 Å². The van der Waals surface area contributed by atoms with Gasteiger partial charge in [-0.05, 0) is 37.5 Å².